The van der Waals surface area contributed by atoms with E-state index in [9.17, 15) is 8.78 Å². The number of thiophene rings is 1. The van der Waals surface area contributed by atoms with Gasteiger partial charge in [-0.15, -0.1) is 11.3 Å². The monoisotopic (exact) mass is 301 g/mol. The van der Waals surface area contributed by atoms with Crippen LogP contribution in [-0.4, -0.2) is 25.0 Å². The molecule has 0 saturated heterocycles. The Morgan fingerprint density at radius 1 is 1.50 bits per heavy atom. The van der Waals surface area contributed by atoms with Crippen molar-refractivity contribution in [2.24, 2.45) is 16.6 Å². The summed E-state index contributed by atoms with van der Waals surface area (Å²) in [6.07, 6.45) is 2.87. The zero-order chi connectivity index (χ0) is 14.4. The molecular weight excluding hydrogens is 280 g/mol. The van der Waals surface area contributed by atoms with Crippen molar-refractivity contribution in [3.63, 3.8) is 0 Å². The lowest BCUT2D eigenvalue weighted by Gasteiger charge is -2.30. The van der Waals surface area contributed by atoms with Crippen molar-refractivity contribution in [3.8, 4) is 0 Å². The van der Waals surface area contributed by atoms with Crippen molar-refractivity contribution in [1.82, 2.24) is 5.32 Å². The molecule has 1 aliphatic rings. The Morgan fingerprint density at radius 3 is 3.05 bits per heavy atom. The van der Waals surface area contributed by atoms with E-state index in [0.717, 1.165) is 12.8 Å². The summed E-state index contributed by atoms with van der Waals surface area (Å²) in [6, 6.07) is 4.06. The van der Waals surface area contributed by atoms with Crippen LogP contribution in [0, 0.1) is 5.92 Å². The van der Waals surface area contributed by atoms with Gasteiger partial charge in [0.1, 0.15) is 0 Å². The molecule has 1 fully saturated rings. The van der Waals surface area contributed by atoms with Gasteiger partial charge < -0.3 is 11.1 Å². The van der Waals surface area contributed by atoms with Gasteiger partial charge in [0, 0.05) is 23.8 Å². The third-order valence-corrected chi connectivity index (χ3v) is 4.59. The number of aliphatic imine (C=N–C) groups is 1. The Bertz CT molecular complexity index is 432. The van der Waals surface area contributed by atoms with Crippen molar-refractivity contribution in [2.75, 3.05) is 13.1 Å². The average Bonchev–Trinajstić information content (AvgIpc) is 2.90. The predicted molar refractivity (Wildman–Crippen MR) is 79.4 cm³/mol. The molecule has 1 unspecified atom stereocenters. The smallest absolute Gasteiger partial charge is 0.252 e. The highest BCUT2D eigenvalue weighted by molar-refractivity contribution is 7.09. The van der Waals surface area contributed by atoms with Gasteiger partial charge in [0.05, 0.1) is 6.54 Å². The molecule has 0 aromatic carbocycles. The lowest BCUT2D eigenvalue weighted by Crippen LogP contribution is -2.37. The Kier molecular flexibility index (Phi) is 5.34. The van der Waals surface area contributed by atoms with E-state index in [1.54, 1.807) is 11.3 Å². The molecule has 1 aliphatic carbocycles. The molecule has 0 bridgehead atoms. The normalized spacial score (nSPS) is 22.7. The van der Waals surface area contributed by atoms with Gasteiger partial charge in [0.2, 0.25) is 0 Å². The molecule has 1 heterocycles. The van der Waals surface area contributed by atoms with Crippen LogP contribution >= 0.6 is 11.3 Å². The molecule has 112 valence electrons. The Labute approximate surface area is 122 Å². The Hall–Kier alpha value is -1.17. The van der Waals surface area contributed by atoms with Crippen LogP contribution in [-0.2, 0) is 6.42 Å². The quantitative estimate of drug-likeness (QED) is 0.649. The number of nitrogens with two attached hydrogens (primary N) is 1. The zero-order valence-electron chi connectivity index (χ0n) is 11.4. The van der Waals surface area contributed by atoms with Crippen molar-refractivity contribution >= 4 is 17.3 Å². The van der Waals surface area contributed by atoms with Crippen LogP contribution in [0.15, 0.2) is 22.5 Å². The molecule has 20 heavy (non-hydrogen) atoms. The number of halogens is 2. The van der Waals surface area contributed by atoms with E-state index >= 15 is 0 Å². The highest BCUT2D eigenvalue weighted by atomic mass is 32.1. The SMILES string of the molecule is NC(=NCC1CCCCC1(F)F)NCCc1cccs1. The molecule has 1 atom stereocenters. The van der Waals surface area contributed by atoms with Gasteiger partial charge in [0.25, 0.3) is 5.92 Å². The molecule has 1 saturated carbocycles. The largest absolute Gasteiger partial charge is 0.370 e. The van der Waals surface area contributed by atoms with Crippen LogP contribution in [0.25, 0.3) is 0 Å². The third-order valence-electron chi connectivity index (χ3n) is 3.65. The van der Waals surface area contributed by atoms with Gasteiger partial charge in [-0.3, -0.25) is 4.99 Å². The van der Waals surface area contributed by atoms with Gasteiger partial charge in [-0.2, -0.15) is 0 Å². The molecule has 0 aliphatic heterocycles. The summed E-state index contributed by atoms with van der Waals surface area (Å²) in [5.74, 6) is -2.98. The number of nitrogens with one attached hydrogen (secondary N) is 1. The summed E-state index contributed by atoms with van der Waals surface area (Å²) >= 11 is 1.69. The second-order valence-electron chi connectivity index (χ2n) is 5.19. The molecule has 2 rings (SSSR count). The zero-order valence-corrected chi connectivity index (χ0v) is 12.3. The van der Waals surface area contributed by atoms with E-state index in [1.807, 2.05) is 11.4 Å². The minimum atomic E-state index is -2.58. The predicted octanol–water partition coefficient (Wildman–Crippen LogP) is 3.02. The van der Waals surface area contributed by atoms with Crippen LogP contribution in [0.3, 0.4) is 0 Å². The maximum atomic E-state index is 13.6. The van der Waals surface area contributed by atoms with Gasteiger partial charge in [0.15, 0.2) is 5.96 Å². The van der Waals surface area contributed by atoms with Crippen molar-refractivity contribution < 1.29 is 8.78 Å². The van der Waals surface area contributed by atoms with Crippen LogP contribution in [0.2, 0.25) is 0 Å². The molecule has 0 spiro atoms. The first kappa shape index (κ1) is 15.2. The van der Waals surface area contributed by atoms with E-state index in [-0.39, 0.29) is 18.9 Å². The lowest BCUT2D eigenvalue weighted by molar-refractivity contribution is -0.0814. The van der Waals surface area contributed by atoms with E-state index in [0.29, 0.717) is 19.4 Å². The first-order valence-electron chi connectivity index (χ1n) is 7.02. The Morgan fingerprint density at radius 2 is 2.35 bits per heavy atom. The number of hydrogen-bond acceptors (Lipinski definition) is 2. The van der Waals surface area contributed by atoms with Gasteiger partial charge in [-0.05, 0) is 30.7 Å². The van der Waals surface area contributed by atoms with E-state index in [2.05, 4.69) is 16.4 Å². The lowest BCUT2D eigenvalue weighted by atomic mass is 9.86. The molecule has 3 nitrogen and oxygen atoms in total. The fourth-order valence-corrected chi connectivity index (χ4v) is 3.13. The van der Waals surface area contributed by atoms with Crippen molar-refractivity contribution in [3.05, 3.63) is 22.4 Å². The summed E-state index contributed by atoms with van der Waals surface area (Å²) in [5, 5.41) is 5.00. The fourth-order valence-electron chi connectivity index (χ4n) is 2.42. The average molecular weight is 301 g/mol. The first-order valence-corrected chi connectivity index (χ1v) is 7.90. The molecular formula is C14H21F2N3S. The van der Waals surface area contributed by atoms with Gasteiger partial charge in [-0.1, -0.05) is 12.5 Å². The summed E-state index contributed by atoms with van der Waals surface area (Å²) < 4.78 is 27.3. The van der Waals surface area contributed by atoms with Crippen molar-refractivity contribution in [2.45, 2.75) is 38.0 Å². The number of hydrogen-bond donors (Lipinski definition) is 2. The van der Waals surface area contributed by atoms with Crippen molar-refractivity contribution in [1.29, 1.82) is 0 Å². The maximum Gasteiger partial charge on any atom is 0.252 e. The molecule has 1 aromatic rings. The second kappa shape index (κ2) is 7.02. The highest BCUT2D eigenvalue weighted by Crippen LogP contribution is 2.38. The molecule has 3 N–H and O–H groups in total. The van der Waals surface area contributed by atoms with Crippen LogP contribution < -0.4 is 11.1 Å². The van der Waals surface area contributed by atoms with E-state index in [1.165, 1.54) is 4.88 Å². The minimum absolute atomic E-state index is 0.0150. The number of rotatable bonds is 5. The van der Waals surface area contributed by atoms with E-state index < -0.39 is 11.8 Å². The molecule has 0 amide bonds. The first-order chi connectivity index (χ1) is 9.58. The number of guanidine groups is 1. The number of nitrogens with zero attached hydrogens (tertiary/aromatic N) is 1. The van der Waals surface area contributed by atoms with Crippen LogP contribution in [0.1, 0.15) is 30.6 Å². The Balaban J connectivity index is 1.73. The molecule has 6 heteroatoms. The molecule has 0 radical (unpaired) electrons. The number of alkyl halides is 2. The van der Waals surface area contributed by atoms with Gasteiger partial charge in [-0.25, -0.2) is 8.78 Å². The highest BCUT2D eigenvalue weighted by Gasteiger charge is 2.40. The second-order valence-corrected chi connectivity index (χ2v) is 6.22. The standard InChI is InChI=1S/C14H21F2N3S/c15-14(16)7-2-1-4-11(14)10-19-13(17)18-8-6-12-5-3-9-20-12/h3,5,9,11H,1-2,4,6-8,10H2,(H3,17,18,19). The third kappa shape index (κ3) is 4.44. The topological polar surface area (TPSA) is 50.4 Å². The summed E-state index contributed by atoms with van der Waals surface area (Å²) in [7, 11) is 0. The molecule has 1 aromatic heterocycles. The van der Waals surface area contributed by atoms with Gasteiger partial charge >= 0.3 is 0 Å². The summed E-state index contributed by atoms with van der Waals surface area (Å²) in [5.41, 5.74) is 5.72. The summed E-state index contributed by atoms with van der Waals surface area (Å²) in [4.78, 5) is 5.34. The minimum Gasteiger partial charge on any atom is -0.370 e. The van der Waals surface area contributed by atoms with Crippen LogP contribution in [0.5, 0.6) is 0 Å². The fraction of sp³-hybridized carbons (Fsp3) is 0.643. The van der Waals surface area contributed by atoms with E-state index in [4.69, 9.17) is 5.73 Å². The van der Waals surface area contributed by atoms with Crippen LogP contribution in [0.4, 0.5) is 8.78 Å². The summed E-state index contributed by atoms with van der Waals surface area (Å²) in [6.45, 7) is 0.793. The maximum absolute atomic E-state index is 13.6.